The summed E-state index contributed by atoms with van der Waals surface area (Å²) in [4.78, 5) is -0.0639. The van der Waals surface area contributed by atoms with Crippen molar-refractivity contribution in [3.63, 3.8) is 0 Å². The number of hydrogen-bond acceptors (Lipinski definition) is 5. The molecule has 1 aromatic carbocycles. The number of halogens is 1. The van der Waals surface area contributed by atoms with E-state index in [9.17, 15) is 16.8 Å². The highest BCUT2D eigenvalue weighted by molar-refractivity contribution is 7.91. The summed E-state index contributed by atoms with van der Waals surface area (Å²) in [7, 11) is -7.30. The molecule has 0 aromatic heterocycles. The van der Waals surface area contributed by atoms with Crippen molar-refractivity contribution in [2.75, 3.05) is 12.3 Å². The molecule has 0 spiro atoms. The van der Waals surface area contributed by atoms with Crippen LogP contribution in [0.25, 0.3) is 0 Å². The van der Waals surface area contributed by atoms with Gasteiger partial charge in [-0.05, 0) is 31.0 Å². The van der Waals surface area contributed by atoms with Crippen LogP contribution in [0.2, 0.25) is 0 Å². The fraction of sp³-hybridized carbons (Fsp3) is 0.571. The third-order valence-electron chi connectivity index (χ3n) is 3.95. The van der Waals surface area contributed by atoms with Crippen molar-refractivity contribution in [2.24, 2.45) is 5.73 Å². The van der Waals surface area contributed by atoms with Crippen LogP contribution in [-0.2, 0) is 19.9 Å². The number of sulfone groups is 1. The highest BCUT2D eigenvalue weighted by Crippen LogP contribution is 2.21. The van der Waals surface area contributed by atoms with Crippen molar-refractivity contribution in [1.29, 1.82) is 0 Å². The van der Waals surface area contributed by atoms with Gasteiger partial charge in [-0.25, -0.2) is 21.6 Å². The zero-order valence-electron chi connectivity index (χ0n) is 13.6. The molecule has 134 valence electrons. The first-order chi connectivity index (χ1) is 10.2. The van der Waals surface area contributed by atoms with Crippen LogP contribution in [0.15, 0.2) is 34.1 Å². The molecule has 23 heavy (non-hydrogen) atoms. The number of nitrogens with two attached hydrogens (primary N) is 1. The van der Waals surface area contributed by atoms with E-state index < -0.39 is 25.4 Å². The van der Waals surface area contributed by atoms with Crippen LogP contribution in [0.1, 0.15) is 33.6 Å². The smallest absolute Gasteiger partial charge is 0.241 e. The van der Waals surface area contributed by atoms with Crippen LogP contribution >= 0.6 is 12.4 Å². The van der Waals surface area contributed by atoms with E-state index in [0.717, 1.165) is 0 Å². The van der Waals surface area contributed by atoms with Gasteiger partial charge in [0, 0.05) is 12.1 Å². The fourth-order valence-corrected chi connectivity index (χ4v) is 4.67. The largest absolute Gasteiger partial charge is 0.329 e. The molecule has 0 radical (unpaired) electrons. The van der Waals surface area contributed by atoms with Gasteiger partial charge in [-0.2, -0.15) is 0 Å². The molecule has 0 aliphatic heterocycles. The Hall–Kier alpha value is -0.670. The van der Waals surface area contributed by atoms with E-state index in [1.54, 1.807) is 0 Å². The molecule has 0 fully saturated rings. The van der Waals surface area contributed by atoms with Gasteiger partial charge in [-0.1, -0.05) is 26.8 Å². The Balaban J connectivity index is 0.00000484. The summed E-state index contributed by atoms with van der Waals surface area (Å²) in [6.45, 7) is 5.40. The maximum absolute atomic E-state index is 12.5. The molecule has 0 heterocycles. The van der Waals surface area contributed by atoms with E-state index in [-0.39, 0.29) is 34.5 Å². The summed E-state index contributed by atoms with van der Waals surface area (Å²) in [6.07, 6.45) is 1.10. The number of benzene rings is 1. The molecule has 0 saturated carbocycles. The van der Waals surface area contributed by atoms with Gasteiger partial charge in [0.05, 0.1) is 15.5 Å². The molecule has 0 unspecified atom stereocenters. The van der Waals surface area contributed by atoms with Gasteiger partial charge in [0.2, 0.25) is 10.0 Å². The van der Waals surface area contributed by atoms with Gasteiger partial charge in [-0.15, -0.1) is 12.4 Å². The molecular weight excluding hydrogens is 360 g/mol. The van der Waals surface area contributed by atoms with Gasteiger partial charge < -0.3 is 5.73 Å². The summed E-state index contributed by atoms with van der Waals surface area (Å²) in [5, 5.41) is 0. The highest BCUT2D eigenvalue weighted by atomic mass is 35.5. The van der Waals surface area contributed by atoms with E-state index in [0.29, 0.717) is 12.8 Å². The zero-order chi connectivity index (χ0) is 17.0. The normalized spacial score (nSPS) is 12.7. The minimum absolute atomic E-state index is 0. The van der Waals surface area contributed by atoms with Crippen LogP contribution in [0.3, 0.4) is 0 Å². The molecule has 9 heteroatoms. The minimum Gasteiger partial charge on any atom is -0.329 e. The molecule has 6 nitrogen and oxygen atoms in total. The van der Waals surface area contributed by atoms with Gasteiger partial charge in [0.15, 0.2) is 9.84 Å². The highest BCUT2D eigenvalue weighted by Gasteiger charge is 2.31. The van der Waals surface area contributed by atoms with Gasteiger partial charge in [0.25, 0.3) is 0 Å². The van der Waals surface area contributed by atoms with Crippen LogP contribution in [0.5, 0.6) is 0 Å². The SMILES string of the molecule is CCC(CC)(CN)NS(=O)(=O)c1cccc(S(=O)(=O)CC)c1.Cl. The molecular formula is C14H25ClN2O4S2. The van der Waals surface area contributed by atoms with Crippen molar-refractivity contribution >= 4 is 32.3 Å². The third kappa shape index (κ3) is 5.15. The van der Waals surface area contributed by atoms with E-state index >= 15 is 0 Å². The Bertz CT molecular complexity index is 706. The average Bonchev–Trinajstić information content (AvgIpc) is 2.53. The molecule has 0 atom stereocenters. The Morgan fingerprint density at radius 1 is 1.04 bits per heavy atom. The summed E-state index contributed by atoms with van der Waals surface area (Å²) in [5.74, 6) is -0.0828. The van der Waals surface area contributed by atoms with Crippen molar-refractivity contribution in [3.8, 4) is 0 Å². The molecule has 0 aliphatic rings. The van der Waals surface area contributed by atoms with Crippen molar-refractivity contribution in [3.05, 3.63) is 24.3 Å². The molecule has 3 N–H and O–H groups in total. The topological polar surface area (TPSA) is 106 Å². The van der Waals surface area contributed by atoms with E-state index in [1.165, 1.54) is 31.2 Å². The van der Waals surface area contributed by atoms with Crippen LogP contribution < -0.4 is 10.5 Å². The average molecular weight is 385 g/mol. The predicted molar refractivity (Wildman–Crippen MR) is 94.1 cm³/mol. The molecule has 0 amide bonds. The fourth-order valence-electron chi connectivity index (χ4n) is 2.07. The summed E-state index contributed by atoms with van der Waals surface area (Å²) >= 11 is 0. The van der Waals surface area contributed by atoms with E-state index in [2.05, 4.69) is 4.72 Å². The number of nitrogens with one attached hydrogen (secondary N) is 1. The third-order valence-corrected chi connectivity index (χ3v) is 7.26. The first-order valence-corrected chi connectivity index (χ1v) is 10.4. The van der Waals surface area contributed by atoms with Crippen LogP contribution in [0, 0.1) is 0 Å². The number of rotatable bonds is 8. The lowest BCUT2D eigenvalue weighted by Crippen LogP contribution is -2.52. The first kappa shape index (κ1) is 22.3. The van der Waals surface area contributed by atoms with Gasteiger partial charge in [0.1, 0.15) is 0 Å². The lowest BCUT2D eigenvalue weighted by atomic mass is 9.95. The maximum atomic E-state index is 12.5. The van der Waals surface area contributed by atoms with Crippen molar-refractivity contribution in [1.82, 2.24) is 4.72 Å². The summed E-state index contributed by atoms with van der Waals surface area (Å²) < 4.78 is 51.5. The second kappa shape index (κ2) is 8.43. The minimum atomic E-state index is -3.84. The summed E-state index contributed by atoms with van der Waals surface area (Å²) in [5.41, 5.74) is 4.99. The lowest BCUT2D eigenvalue weighted by Gasteiger charge is -2.31. The van der Waals surface area contributed by atoms with Gasteiger partial charge in [-0.3, -0.25) is 0 Å². The second-order valence-corrected chi connectivity index (χ2v) is 9.14. The van der Waals surface area contributed by atoms with Crippen LogP contribution in [0.4, 0.5) is 0 Å². The number of hydrogen-bond donors (Lipinski definition) is 2. The van der Waals surface area contributed by atoms with Crippen molar-refractivity contribution < 1.29 is 16.8 Å². The standard InChI is InChI=1S/C14H24N2O4S2.ClH/c1-4-14(5-2,11-15)16-22(19,20)13-9-7-8-12(10-13)21(17,18)6-3;/h7-10,16H,4-6,11,15H2,1-3H3;1H. The molecule has 0 bridgehead atoms. The Morgan fingerprint density at radius 3 is 2.00 bits per heavy atom. The summed E-state index contributed by atoms with van der Waals surface area (Å²) in [6, 6.07) is 5.39. The Morgan fingerprint density at radius 2 is 1.57 bits per heavy atom. The second-order valence-electron chi connectivity index (χ2n) is 5.18. The molecule has 0 saturated heterocycles. The molecule has 1 rings (SSSR count). The quantitative estimate of drug-likeness (QED) is 0.709. The zero-order valence-corrected chi connectivity index (χ0v) is 16.0. The molecule has 0 aliphatic carbocycles. The van der Waals surface area contributed by atoms with E-state index in [4.69, 9.17) is 5.73 Å². The lowest BCUT2D eigenvalue weighted by molar-refractivity contribution is 0.363. The van der Waals surface area contributed by atoms with Crippen molar-refractivity contribution in [2.45, 2.75) is 48.9 Å². The Labute approximate surface area is 145 Å². The maximum Gasteiger partial charge on any atom is 0.241 e. The predicted octanol–water partition coefficient (Wildman–Crippen LogP) is 1.70. The number of sulfonamides is 1. The van der Waals surface area contributed by atoms with Gasteiger partial charge >= 0.3 is 0 Å². The van der Waals surface area contributed by atoms with E-state index in [1.807, 2.05) is 13.8 Å². The van der Waals surface area contributed by atoms with Crippen LogP contribution in [-0.4, -0.2) is 34.7 Å². The molecule has 1 aromatic rings. The Kier molecular flexibility index (Phi) is 8.19. The first-order valence-electron chi connectivity index (χ1n) is 7.23. The monoisotopic (exact) mass is 384 g/mol.